The summed E-state index contributed by atoms with van der Waals surface area (Å²) < 4.78 is 5.30. The summed E-state index contributed by atoms with van der Waals surface area (Å²) in [5.74, 6) is -0.0448. The Hall–Kier alpha value is -2.33. The number of carboxylic acid groups (broad SMARTS) is 1. The summed E-state index contributed by atoms with van der Waals surface area (Å²) in [6, 6.07) is 15.0. The number of piperidine rings is 1. The van der Waals surface area contributed by atoms with Gasteiger partial charge in [0.1, 0.15) is 5.75 Å². The highest BCUT2D eigenvalue weighted by Crippen LogP contribution is 2.34. The van der Waals surface area contributed by atoms with Gasteiger partial charge >= 0.3 is 5.97 Å². The second-order valence-corrected chi connectivity index (χ2v) is 7.25. The lowest BCUT2D eigenvalue weighted by Crippen LogP contribution is -2.39. The highest BCUT2D eigenvalue weighted by molar-refractivity contribution is 5.70. The number of aryl methyl sites for hydroxylation is 2. The van der Waals surface area contributed by atoms with E-state index in [1.165, 1.54) is 22.3 Å². The van der Waals surface area contributed by atoms with Crippen LogP contribution in [0.1, 0.15) is 41.1 Å². The van der Waals surface area contributed by atoms with Crippen molar-refractivity contribution in [3.8, 4) is 5.75 Å². The third-order valence-electron chi connectivity index (χ3n) is 5.24. The molecule has 4 nitrogen and oxygen atoms in total. The first-order valence-corrected chi connectivity index (χ1v) is 9.17. The lowest BCUT2D eigenvalue weighted by atomic mass is 9.90. The van der Waals surface area contributed by atoms with Gasteiger partial charge in [-0.2, -0.15) is 0 Å². The number of carbonyl (C=O) groups is 1. The number of likely N-dealkylation sites (tertiary alicyclic amines) is 1. The first-order chi connectivity index (χ1) is 12.5. The van der Waals surface area contributed by atoms with Crippen molar-refractivity contribution >= 4 is 5.97 Å². The van der Waals surface area contributed by atoms with Gasteiger partial charge in [0.15, 0.2) is 0 Å². The highest BCUT2D eigenvalue weighted by atomic mass is 16.5. The zero-order valence-electron chi connectivity index (χ0n) is 15.7. The summed E-state index contributed by atoms with van der Waals surface area (Å²) in [5.41, 5.74) is 4.98. The number of hydrogen-bond acceptors (Lipinski definition) is 3. The SMILES string of the molecule is COc1ccc(C(c2cc(C)cc(C)c2)N2CCC(C(=O)O)CC2)cc1. The minimum Gasteiger partial charge on any atom is -0.497 e. The van der Waals surface area contributed by atoms with Crippen LogP contribution < -0.4 is 4.74 Å². The van der Waals surface area contributed by atoms with E-state index < -0.39 is 5.97 Å². The van der Waals surface area contributed by atoms with Crippen molar-refractivity contribution in [3.63, 3.8) is 0 Å². The zero-order valence-corrected chi connectivity index (χ0v) is 15.7. The summed E-state index contributed by atoms with van der Waals surface area (Å²) in [7, 11) is 1.67. The molecule has 1 unspecified atom stereocenters. The highest BCUT2D eigenvalue weighted by Gasteiger charge is 2.30. The van der Waals surface area contributed by atoms with Gasteiger partial charge in [-0.05, 0) is 63.0 Å². The molecular formula is C22H27NO3. The molecule has 0 aliphatic carbocycles. The van der Waals surface area contributed by atoms with E-state index in [0.29, 0.717) is 12.8 Å². The molecule has 1 N–H and O–H groups in total. The van der Waals surface area contributed by atoms with Gasteiger partial charge in [0.05, 0.1) is 19.1 Å². The molecule has 0 saturated carbocycles. The van der Waals surface area contributed by atoms with E-state index in [4.69, 9.17) is 4.74 Å². The Morgan fingerprint density at radius 3 is 2.12 bits per heavy atom. The van der Waals surface area contributed by atoms with Crippen LogP contribution in [0.2, 0.25) is 0 Å². The van der Waals surface area contributed by atoms with Crippen LogP contribution in [0.25, 0.3) is 0 Å². The van der Waals surface area contributed by atoms with Crippen LogP contribution in [0.5, 0.6) is 5.75 Å². The van der Waals surface area contributed by atoms with E-state index in [0.717, 1.165) is 18.8 Å². The molecule has 0 amide bonds. The number of methoxy groups -OCH3 is 1. The molecule has 2 aromatic carbocycles. The van der Waals surface area contributed by atoms with E-state index >= 15 is 0 Å². The van der Waals surface area contributed by atoms with Crippen molar-refractivity contribution in [2.75, 3.05) is 20.2 Å². The van der Waals surface area contributed by atoms with Gasteiger partial charge in [0.2, 0.25) is 0 Å². The minimum atomic E-state index is -0.669. The number of nitrogens with zero attached hydrogens (tertiary/aromatic N) is 1. The molecule has 0 bridgehead atoms. The van der Waals surface area contributed by atoms with E-state index in [1.807, 2.05) is 12.1 Å². The van der Waals surface area contributed by atoms with Crippen LogP contribution in [0.3, 0.4) is 0 Å². The molecule has 1 aliphatic heterocycles. The van der Waals surface area contributed by atoms with Gasteiger partial charge in [0, 0.05) is 0 Å². The third kappa shape index (κ3) is 4.07. The smallest absolute Gasteiger partial charge is 0.306 e. The molecule has 1 heterocycles. The molecule has 0 aromatic heterocycles. The average Bonchev–Trinajstić information content (AvgIpc) is 2.62. The molecule has 1 aliphatic rings. The van der Waals surface area contributed by atoms with Gasteiger partial charge in [-0.15, -0.1) is 0 Å². The topological polar surface area (TPSA) is 49.8 Å². The number of carboxylic acids is 1. The monoisotopic (exact) mass is 353 g/mol. The molecule has 2 aromatic rings. The largest absolute Gasteiger partial charge is 0.497 e. The molecule has 3 rings (SSSR count). The Balaban J connectivity index is 1.94. The predicted molar refractivity (Wildman–Crippen MR) is 103 cm³/mol. The van der Waals surface area contributed by atoms with Crippen molar-refractivity contribution in [1.82, 2.24) is 4.90 Å². The van der Waals surface area contributed by atoms with Crippen LogP contribution in [0.4, 0.5) is 0 Å². The van der Waals surface area contributed by atoms with Crippen LogP contribution in [-0.2, 0) is 4.79 Å². The van der Waals surface area contributed by atoms with Crippen LogP contribution in [0, 0.1) is 19.8 Å². The number of ether oxygens (including phenoxy) is 1. The van der Waals surface area contributed by atoms with Crippen molar-refractivity contribution in [2.24, 2.45) is 5.92 Å². The summed E-state index contributed by atoms with van der Waals surface area (Å²) >= 11 is 0. The van der Waals surface area contributed by atoms with Gasteiger partial charge in [-0.3, -0.25) is 9.69 Å². The first-order valence-electron chi connectivity index (χ1n) is 9.17. The second-order valence-electron chi connectivity index (χ2n) is 7.25. The summed E-state index contributed by atoms with van der Waals surface area (Å²) in [6.07, 6.45) is 1.40. The van der Waals surface area contributed by atoms with Crippen molar-refractivity contribution in [3.05, 3.63) is 64.7 Å². The molecule has 26 heavy (non-hydrogen) atoms. The normalized spacial score (nSPS) is 17.0. The molecule has 1 fully saturated rings. The van der Waals surface area contributed by atoms with Crippen LogP contribution >= 0.6 is 0 Å². The lowest BCUT2D eigenvalue weighted by Gasteiger charge is -2.37. The van der Waals surface area contributed by atoms with Crippen molar-refractivity contribution in [1.29, 1.82) is 0 Å². The molecule has 0 radical (unpaired) electrons. The van der Waals surface area contributed by atoms with Crippen LogP contribution in [0.15, 0.2) is 42.5 Å². The van der Waals surface area contributed by atoms with Gasteiger partial charge in [-0.25, -0.2) is 0 Å². The fraction of sp³-hybridized carbons (Fsp3) is 0.409. The average molecular weight is 353 g/mol. The Kier molecular flexibility index (Phi) is 5.62. The maximum absolute atomic E-state index is 11.3. The van der Waals surface area contributed by atoms with E-state index in [9.17, 15) is 9.90 Å². The van der Waals surface area contributed by atoms with Gasteiger partial charge in [0.25, 0.3) is 0 Å². The van der Waals surface area contributed by atoms with Gasteiger partial charge in [-0.1, -0.05) is 41.5 Å². The van der Waals surface area contributed by atoms with Crippen LogP contribution in [-0.4, -0.2) is 36.2 Å². The summed E-state index contributed by atoms with van der Waals surface area (Å²) in [5, 5.41) is 9.30. The molecule has 138 valence electrons. The maximum atomic E-state index is 11.3. The number of aliphatic carboxylic acids is 1. The standard InChI is InChI=1S/C22H27NO3/c1-15-12-16(2)14-19(13-15)21(17-4-6-20(26-3)7-5-17)23-10-8-18(9-11-23)22(24)25/h4-7,12-14,18,21H,8-11H2,1-3H3,(H,24,25). The third-order valence-corrected chi connectivity index (χ3v) is 5.24. The second kappa shape index (κ2) is 7.92. The Morgan fingerprint density at radius 1 is 1.04 bits per heavy atom. The van der Waals surface area contributed by atoms with E-state index in [2.05, 4.69) is 49.1 Å². The Labute approximate surface area is 155 Å². The van der Waals surface area contributed by atoms with E-state index in [1.54, 1.807) is 7.11 Å². The predicted octanol–water partition coefficient (Wildman–Crippen LogP) is 4.20. The van der Waals surface area contributed by atoms with Crippen molar-refractivity contribution in [2.45, 2.75) is 32.7 Å². The Morgan fingerprint density at radius 2 is 1.62 bits per heavy atom. The fourth-order valence-electron chi connectivity index (χ4n) is 3.97. The van der Waals surface area contributed by atoms with E-state index in [-0.39, 0.29) is 12.0 Å². The number of benzene rings is 2. The molecule has 1 atom stereocenters. The first kappa shape index (κ1) is 18.5. The lowest BCUT2D eigenvalue weighted by molar-refractivity contribution is -0.143. The number of rotatable bonds is 5. The summed E-state index contributed by atoms with van der Waals surface area (Å²) in [4.78, 5) is 13.7. The quantitative estimate of drug-likeness (QED) is 0.875. The number of hydrogen-bond donors (Lipinski definition) is 1. The minimum absolute atomic E-state index is 0.134. The Bertz CT molecular complexity index is 741. The molecule has 0 spiro atoms. The summed E-state index contributed by atoms with van der Waals surface area (Å²) in [6.45, 7) is 5.83. The zero-order chi connectivity index (χ0) is 18.7. The molecule has 1 saturated heterocycles. The fourth-order valence-corrected chi connectivity index (χ4v) is 3.97. The van der Waals surface area contributed by atoms with Crippen molar-refractivity contribution < 1.29 is 14.6 Å². The van der Waals surface area contributed by atoms with Gasteiger partial charge < -0.3 is 9.84 Å². The maximum Gasteiger partial charge on any atom is 0.306 e. The molecular weight excluding hydrogens is 326 g/mol. The molecule has 4 heteroatoms.